The van der Waals surface area contributed by atoms with Gasteiger partial charge in [0.1, 0.15) is 15.6 Å². The number of nitrogens with one attached hydrogen (secondary N) is 1. The van der Waals surface area contributed by atoms with E-state index in [1.54, 1.807) is 0 Å². The van der Waals surface area contributed by atoms with Crippen molar-refractivity contribution in [3.05, 3.63) is 82.4 Å². The van der Waals surface area contributed by atoms with Gasteiger partial charge in [0.05, 0.1) is 24.9 Å². The van der Waals surface area contributed by atoms with Crippen molar-refractivity contribution in [3.63, 3.8) is 0 Å². The Hall–Kier alpha value is -3.32. The van der Waals surface area contributed by atoms with E-state index in [4.69, 9.17) is 9.47 Å². The number of sulfone groups is 1. The number of benzene rings is 3. The third kappa shape index (κ3) is 6.87. The summed E-state index contributed by atoms with van der Waals surface area (Å²) >= 11 is 0. The zero-order valence-corrected chi connectivity index (χ0v) is 24.5. The van der Waals surface area contributed by atoms with Gasteiger partial charge in [0.25, 0.3) is 0 Å². The number of carbonyl (C=O) groups is 1. The Morgan fingerprint density at radius 1 is 1.02 bits per heavy atom. The highest BCUT2D eigenvalue weighted by Crippen LogP contribution is 2.48. The van der Waals surface area contributed by atoms with Crippen LogP contribution in [0.4, 0.5) is 5.69 Å². The summed E-state index contributed by atoms with van der Waals surface area (Å²) in [5.74, 6) is 1.16. The maximum atomic E-state index is 12.0. The summed E-state index contributed by atoms with van der Waals surface area (Å²) in [5, 5.41) is 3.56. The van der Waals surface area contributed by atoms with Gasteiger partial charge in [-0.3, -0.25) is 4.79 Å². The van der Waals surface area contributed by atoms with Gasteiger partial charge in [-0.05, 0) is 121 Å². The number of fused-ring (bicyclic) bond motifs is 3. The summed E-state index contributed by atoms with van der Waals surface area (Å²) < 4.78 is 33.9. The first-order valence-corrected chi connectivity index (χ1v) is 16.3. The van der Waals surface area contributed by atoms with Crippen molar-refractivity contribution in [2.75, 3.05) is 30.5 Å². The fourth-order valence-electron chi connectivity index (χ4n) is 5.78. The minimum Gasteiger partial charge on any atom is -0.494 e. The number of hydrogen-bond donors (Lipinski definition) is 1. The maximum Gasteiger partial charge on any atom is 0.309 e. The molecule has 40 heavy (non-hydrogen) atoms. The van der Waals surface area contributed by atoms with Gasteiger partial charge < -0.3 is 14.8 Å². The van der Waals surface area contributed by atoms with Crippen molar-refractivity contribution in [1.82, 2.24) is 0 Å². The lowest BCUT2D eigenvalue weighted by Crippen LogP contribution is -2.08. The lowest BCUT2D eigenvalue weighted by Gasteiger charge is -2.17. The van der Waals surface area contributed by atoms with Crippen molar-refractivity contribution in [1.29, 1.82) is 0 Å². The van der Waals surface area contributed by atoms with Crippen molar-refractivity contribution < 1.29 is 22.7 Å². The standard InChI is InChI=1S/C33H39NO5S/c1-4-38-33(35)31-20-29(31)25-11-13-27(14-12-25)34-21-23-9-10-24-7-5-8-26-19-28(39-15-6-16-40(3,36)37)17-22(2)32(26)30(24)18-23/h9-14,17-19,29,31,34H,4-8,15-16,20-21H2,1-3H3/t29-,31+/m1/s1. The minimum atomic E-state index is -2.98. The highest BCUT2D eigenvalue weighted by atomic mass is 32.2. The molecule has 0 bridgehead atoms. The van der Waals surface area contributed by atoms with Crippen LogP contribution >= 0.6 is 0 Å². The smallest absolute Gasteiger partial charge is 0.309 e. The topological polar surface area (TPSA) is 81.7 Å². The van der Waals surface area contributed by atoms with Crippen molar-refractivity contribution in [3.8, 4) is 16.9 Å². The molecule has 0 aromatic heterocycles. The van der Waals surface area contributed by atoms with E-state index in [-0.39, 0.29) is 23.6 Å². The predicted molar refractivity (Wildman–Crippen MR) is 160 cm³/mol. The Morgan fingerprint density at radius 2 is 1.80 bits per heavy atom. The molecule has 0 amide bonds. The molecule has 6 nitrogen and oxygen atoms in total. The first-order valence-electron chi connectivity index (χ1n) is 14.3. The van der Waals surface area contributed by atoms with E-state index in [9.17, 15) is 13.2 Å². The van der Waals surface area contributed by atoms with E-state index in [1.807, 2.05) is 6.92 Å². The highest BCUT2D eigenvalue weighted by molar-refractivity contribution is 7.90. The highest BCUT2D eigenvalue weighted by Gasteiger charge is 2.45. The van der Waals surface area contributed by atoms with Gasteiger partial charge in [0, 0.05) is 18.5 Å². The molecule has 7 heteroatoms. The molecule has 1 fully saturated rings. The summed E-state index contributed by atoms with van der Waals surface area (Å²) in [6, 6.07) is 19.4. The van der Waals surface area contributed by atoms with Gasteiger partial charge in [0.15, 0.2) is 0 Å². The second-order valence-electron chi connectivity index (χ2n) is 11.1. The van der Waals surface area contributed by atoms with Crippen molar-refractivity contribution in [2.24, 2.45) is 5.92 Å². The second-order valence-corrected chi connectivity index (χ2v) is 13.4. The molecule has 1 N–H and O–H groups in total. The summed E-state index contributed by atoms with van der Waals surface area (Å²) in [6.07, 6.45) is 5.73. The van der Waals surface area contributed by atoms with Crippen molar-refractivity contribution in [2.45, 2.75) is 58.4 Å². The molecule has 3 aromatic carbocycles. The molecule has 2 aliphatic carbocycles. The number of carbonyl (C=O) groups excluding carboxylic acids is 1. The van der Waals surface area contributed by atoms with E-state index in [2.05, 4.69) is 66.8 Å². The fraction of sp³-hybridized carbons (Fsp3) is 0.424. The van der Waals surface area contributed by atoms with Crippen molar-refractivity contribution >= 4 is 21.5 Å². The van der Waals surface area contributed by atoms with Crippen LogP contribution in [0.1, 0.15) is 59.9 Å². The Kier molecular flexibility index (Phi) is 8.50. The van der Waals surface area contributed by atoms with Gasteiger partial charge in [-0.1, -0.05) is 24.3 Å². The number of aryl methyl sites for hydroxylation is 3. The summed E-state index contributed by atoms with van der Waals surface area (Å²) in [5.41, 5.74) is 9.91. The van der Waals surface area contributed by atoms with Gasteiger partial charge in [0.2, 0.25) is 0 Å². The molecule has 0 saturated heterocycles. The maximum absolute atomic E-state index is 12.0. The normalized spacial score (nSPS) is 17.8. The molecule has 0 spiro atoms. The zero-order chi connectivity index (χ0) is 28.3. The Balaban J connectivity index is 1.25. The van der Waals surface area contributed by atoms with Gasteiger partial charge in [-0.2, -0.15) is 0 Å². The Bertz CT molecular complexity index is 1480. The van der Waals surface area contributed by atoms with Crippen LogP contribution in [0.3, 0.4) is 0 Å². The van der Waals surface area contributed by atoms with E-state index in [0.717, 1.165) is 43.7 Å². The molecular formula is C33H39NO5S. The van der Waals surface area contributed by atoms with Crippen LogP contribution in [-0.4, -0.2) is 39.6 Å². The quantitative estimate of drug-likeness (QED) is 0.220. The van der Waals surface area contributed by atoms with Gasteiger partial charge in [-0.25, -0.2) is 8.42 Å². The lowest BCUT2D eigenvalue weighted by atomic mass is 9.91. The van der Waals surface area contributed by atoms with E-state index in [0.29, 0.717) is 19.6 Å². The molecule has 3 aromatic rings. The number of anilines is 1. The van der Waals surface area contributed by atoms with E-state index < -0.39 is 9.84 Å². The molecule has 2 aliphatic rings. The van der Waals surface area contributed by atoms with Gasteiger partial charge in [-0.15, -0.1) is 0 Å². The van der Waals surface area contributed by atoms with Crippen LogP contribution in [-0.2, 0) is 38.8 Å². The Labute approximate surface area is 238 Å². The van der Waals surface area contributed by atoms with Crippen LogP contribution in [0.5, 0.6) is 5.75 Å². The Morgan fingerprint density at radius 3 is 2.55 bits per heavy atom. The molecule has 2 atom stereocenters. The first-order chi connectivity index (χ1) is 19.2. The predicted octanol–water partition coefficient (Wildman–Crippen LogP) is 6.24. The molecule has 0 aliphatic heterocycles. The first kappa shape index (κ1) is 28.2. The van der Waals surface area contributed by atoms with Crippen LogP contribution in [0.15, 0.2) is 54.6 Å². The van der Waals surface area contributed by atoms with Crippen LogP contribution in [0.2, 0.25) is 0 Å². The molecule has 0 unspecified atom stereocenters. The molecule has 0 heterocycles. The van der Waals surface area contributed by atoms with Crippen LogP contribution < -0.4 is 10.1 Å². The van der Waals surface area contributed by atoms with Gasteiger partial charge >= 0.3 is 5.97 Å². The number of ether oxygens (including phenoxy) is 2. The average Bonchev–Trinajstić information content (AvgIpc) is 3.73. The third-order valence-corrected chi connectivity index (χ3v) is 8.90. The molecule has 212 valence electrons. The molecular weight excluding hydrogens is 522 g/mol. The van der Waals surface area contributed by atoms with Crippen LogP contribution in [0.25, 0.3) is 11.1 Å². The number of esters is 1. The summed E-state index contributed by atoms with van der Waals surface area (Å²) in [4.78, 5) is 12.0. The summed E-state index contributed by atoms with van der Waals surface area (Å²) in [6.45, 7) is 5.53. The third-order valence-electron chi connectivity index (χ3n) is 7.87. The zero-order valence-electron chi connectivity index (χ0n) is 23.7. The van der Waals surface area contributed by atoms with E-state index >= 15 is 0 Å². The minimum absolute atomic E-state index is 0.00666. The largest absolute Gasteiger partial charge is 0.494 e. The second kappa shape index (κ2) is 12.0. The summed E-state index contributed by atoms with van der Waals surface area (Å²) in [7, 11) is -2.98. The number of hydrogen-bond acceptors (Lipinski definition) is 6. The van der Waals surface area contributed by atoms with E-state index in [1.165, 1.54) is 45.2 Å². The SMILES string of the molecule is CCOC(=O)[C@H]1C[C@@H]1c1ccc(NCc2ccc3c(c2)-c2c(C)cc(OCCCS(C)(=O)=O)cc2CCC3)cc1. The average molecular weight is 562 g/mol. The van der Waals surface area contributed by atoms with Crippen LogP contribution in [0, 0.1) is 12.8 Å². The molecule has 0 radical (unpaired) electrons. The molecule has 5 rings (SSSR count). The number of rotatable bonds is 11. The lowest BCUT2D eigenvalue weighted by molar-refractivity contribution is -0.144. The molecule has 1 saturated carbocycles. The fourth-order valence-corrected chi connectivity index (χ4v) is 6.42. The monoisotopic (exact) mass is 561 g/mol.